The summed E-state index contributed by atoms with van der Waals surface area (Å²) in [7, 11) is 0. The van der Waals surface area contributed by atoms with Crippen LogP contribution < -0.4 is 0 Å². The van der Waals surface area contributed by atoms with E-state index in [9.17, 15) is 19.8 Å². The topological polar surface area (TPSA) is 74.6 Å². The lowest BCUT2D eigenvalue weighted by Crippen LogP contribution is -2.18. The van der Waals surface area contributed by atoms with Crippen LogP contribution in [-0.2, 0) is 12.8 Å². The number of hydrogen-bond donors (Lipinski definition) is 2. The molecule has 0 aromatic heterocycles. The molecule has 0 aliphatic heterocycles. The predicted octanol–water partition coefficient (Wildman–Crippen LogP) is 9.72. The zero-order valence-corrected chi connectivity index (χ0v) is 23.7. The fourth-order valence-electron chi connectivity index (χ4n) is 5.54. The summed E-state index contributed by atoms with van der Waals surface area (Å²) < 4.78 is 0. The molecule has 0 aliphatic carbocycles. The van der Waals surface area contributed by atoms with Crippen molar-refractivity contribution in [2.45, 2.75) is 143 Å². The Bertz CT molecular complexity index is 755. The Hall–Kier alpha value is -1.84. The average molecular weight is 503 g/mol. The quantitative estimate of drug-likeness (QED) is 0.155. The van der Waals surface area contributed by atoms with Crippen LogP contribution in [0.2, 0.25) is 0 Å². The third-order valence-corrected chi connectivity index (χ3v) is 7.72. The molecular weight excluding hydrogens is 448 g/mol. The monoisotopic (exact) mass is 502 g/mol. The molecule has 1 aromatic carbocycles. The number of carbonyl (C=O) groups is 2. The van der Waals surface area contributed by atoms with Crippen LogP contribution in [0.15, 0.2) is 12.1 Å². The van der Waals surface area contributed by atoms with Crippen LogP contribution in [0.3, 0.4) is 0 Å². The Morgan fingerprint density at radius 2 is 1.08 bits per heavy atom. The van der Waals surface area contributed by atoms with Crippen LogP contribution in [0.4, 0.5) is 0 Å². The molecule has 2 unspecified atom stereocenters. The minimum atomic E-state index is -1.14. The molecule has 0 fully saturated rings. The first-order valence-corrected chi connectivity index (χ1v) is 15.0. The van der Waals surface area contributed by atoms with Crippen molar-refractivity contribution in [2.75, 3.05) is 0 Å². The first kappa shape index (κ1) is 32.2. The van der Waals surface area contributed by atoms with Crippen molar-refractivity contribution in [3.8, 4) is 0 Å². The molecule has 36 heavy (non-hydrogen) atoms. The van der Waals surface area contributed by atoms with Gasteiger partial charge in [-0.3, -0.25) is 0 Å². The maximum absolute atomic E-state index is 12.4. The van der Waals surface area contributed by atoms with E-state index in [1.807, 2.05) is 6.07 Å². The van der Waals surface area contributed by atoms with Crippen molar-refractivity contribution in [3.63, 3.8) is 0 Å². The second-order valence-corrected chi connectivity index (χ2v) is 10.9. The third-order valence-electron chi connectivity index (χ3n) is 7.72. The van der Waals surface area contributed by atoms with E-state index in [1.54, 1.807) is 6.07 Å². The van der Waals surface area contributed by atoms with E-state index in [0.29, 0.717) is 18.3 Å². The van der Waals surface area contributed by atoms with E-state index in [0.717, 1.165) is 62.5 Å². The third kappa shape index (κ3) is 11.9. The van der Waals surface area contributed by atoms with E-state index in [4.69, 9.17) is 0 Å². The normalized spacial score (nSPS) is 13.0. The van der Waals surface area contributed by atoms with Gasteiger partial charge in [0.15, 0.2) is 0 Å². The summed E-state index contributed by atoms with van der Waals surface area (Å²) in [6, 6.07) is 3.48. The van der Waals surface area contributed by atoms with Crippen LogP contribution >= 0.6 is 0 Å². The lowest BCUT2D eigenvalue weighted by Gasteiger charge is -2.24. The van der Waals surface area contributed by atoms with E-state index < -0.39 is 11.9 Å². The zero-order chi connectivity index (χ0) is 26.8. The molecule has 206 valence electrons. The average Bonchev–Trinajstić information content (AvgIpc) is 2.85. The van der Waals surface area contributed by atoms with Crippen LogP contribution in [0.5, 0.6) is 0 Å². The van der Waals surface area contributed by atoms with Gasteiger partial charge in [0.2, 0.25) is 0 Å². The largest absolute Gasteiger partial charge is 0.478 e. The Balaban J connectivity index is 3.33. The van der Waals surface area contributed by atoms with Gasteiger partial charge in [0, 0.05) is 0 Å². The molecule has 0 heterocycles. The molecule has 1 aromatic rings. The highest BCUT2D eigenvalue weighted by Crippen LogP contribution is 2.31. The predicted molar refractivity (Wildman–Crippen MR) is 151 cm³/mol. The molecule has 4 nitrogen and oxygen atoms in total. The number of carboxylic acids is 2. The van der Waals surface area contributed by atoms with Gasteiger partial charge in [-0.1, -0.05) is 136 Å². The van der Waals surface area contributed by atoms with Crippen molar-refractivity contribution >= 4 is 11.9 Å². The van der Waals surface area contributed by atoms with Crippen LogP contribution in [0.25, 0.3) is 0 Å². The van der Waals surface area contributed by atoms with Gasteiger partial charge in [0.25, 0.3) is 0 Å². The summed E-state index contributed by atoms with van der Waals surface area (Å²) in [4.78, 5) is 24.4. The fraction of sp³-hybridized carbons (Fsp3) is 0.750. The molecule has 1 rings (SSSR count). The molecule has 4 heteroatoms. The molecular formula is C32H54O4. The van der Waals surface area contributed by atoms with Crippen LogP contribution in [-0.4, -0.2) is 22.2 Å². The molecule has 0 saturated heterocycles. The number of benzene rings is 1. The minimum absolute atomic E-state index is 0.0373. The van der Waals surface area contributed by atoms with Crippen molar-refractivity contribution in [1.29, 1.82) is 0 Å². The van der Waals surface area contributed by atoms with Gasteiger partial charge in [-0.05, 0) is 41.9 Å². The number of rotatable bonds is 22. The smallest absolute Gasteiger partial charge is 0.336 e. The maximum atomic E-state index is 12.4. The number of hydrogen-bond acceptors (Lipinski definition) is 2. The minimum Gasteiger partial charge on any atom is -0.478 e. The Morgan fingerprint density at radius 1 is 0.611 bits per heavy atom. The summed E-state index contributed by atoms with van der Waals surface area (Å²) in [5, 5.41) is 20.0. The Morgan fingerprint density at radius 3 is 1.53 bits per heavy atom. The molecule has 0 spiro atoms. The van der Waals surface area contributed by atoms with Gasteiger partial charge in [-0.2, -0.15) is 0 Å². The van der Waals surface area contributed by atoms with Gasteiger partial charge in [0.1, 0.15) is 0 Å². The first-order chi connectivity index (χ1) is 17.4. The van der Waals surface area contributed by atoms with E-state index in [-0.39, 0.29) is 11.1 Å². The van der Waals surface area contributed by atoms with Crippen LogP contribution in [0.1, 0.15) is 162 Å². The standard InChI is InChI=1S/C32H54O4/c1-5-9-13-15-19-25(17-11-7-3)23-27-21-22-28(31(33)34)30(32(35)36)29(27)24-26(18-12-8-4)20-16-14-10-6-2/h21-22,25-26H,5-20,23-24H2,1-4H3,(H,33,34)(H,35,36). The Kier molecular flexibility index (Phi) is 17.3. The fourth-order valence-corrected chi connectivity index (χ4v) is 5.54. The summed E-state index contributed by atoms with van der Waals surface area (Å²) in [6.07, 6.45) is 20.4. The molecule has 2 atom stereocenters. The second kappa shape index (κ2) is 19.3. The van der Waals surface area contributed by atoms with Crippen LogP contribution in [0, 0.1) is 11.8 Å². The lowest BCUT2D eigenvalue weighted by molar-refractivity contribution is 0.0650. The zero-order valence-electron chi connectivity index (χ0n) is 23.7. The maximum Gasteiger partial charge on any atom is 0.336 e. The molecule has 0 saturated carbocycles. The van der Waals surface area contributed by atoms with Crippen molar-refractivity contribution in [2.24, 2.45) is 11.8 Å². The highest BCUT2D eigenvalue weighted by atomic mass is 16.4. The van der Waals surface area contributed by atoms with Gasteiger partial charge in [0.05, 0.1) is 11.1 Å². The molecule has 2 N–H and O–H groups in total. The highest BCUT2D eigenvalue weighted by molar-refractivity contribution is 6.03. The van der Waals surface area contributed by atoms with Crippen molar-refractivity contribution < 1.29 is 19.8 Å². The lowest BCUT2D eigenvalue weighted by atomic mass is 9.81. The van der Waals surface area contributed by atoms with Gasteiger partial charge < -0.3 is 10.2 Å². The summed E-state index contributed by atoms with van der Waals surface area (Å²) >= 11 is 0. The van der Waals surface area contributed by atoms with Gasteiger partial charge in [-0.15, -0.1) is 0 Å². The number of aromatic carboxylic acids is 2. The summed E-state index contributed by atoms with van der Waals surface area (Å²) in [5.74, 6) is -1.31. The molecule has 0 bridgehead atoms. The SMILES string of the molecule is CCCCCCC(CCCC)Cc1ccc(C(=O)O)c(C(=O)O)c1CC(CCCC)CCCCCC. The molecule has 0 amide bonds. The second-order valence-electron chi connectivity index (χ2n) is 10.9. The van der Waals surface area contributed by atoms with E-state index in [1.165, 1.54) is 57.8 Å². The van der Waals surface area contributed by atoms with E-state index >= 15 is 0 Å². The number of carboxylic acid groups (broad SMARTS) is 2. The highest BCUT2D eigenvalue weighted by Gasteiger charge is 2.26. The summed E-state index contributed by atoms with van der Waals surface area (Å²) in [5.41, 5.74) is 1.85. The van der Waals surface area contributed by atoms with Gasteiger partial charge in [-0.25, -0.2) is 9.59 Å². The van der Waals surface area contributed by atoms with Crippen molar-refractivity contribution in [1.82, 2.24) is 0 Å². The summed E-state index contributed by atoms with van der Waals surface area (Å²) in [6.45, 7) is 8.87. The van der Waals surface area contributed by atoms with Gasteiger partial charge >= 0.3 is 11.9 Å². The number of unbranched alkanes of at least 4 members (excludes halogenated alkanes) is 8. The first-order valence-electron chi connectivity index (χ1n) is 15.0. The Labute approximate surface area is 221 Å². The molecule has 0 aliphatic rings. The van der Waals surface area contributed by atoms with Crippen molar-refractivity contribution in [3.05, 3.63) is 34.4 Å². The van der Waals surface area contributed by atoms with E-state index in [2.05, 4.69) is 27.7 Å². The molecule has 0 radical (unpaired) electrons.